The molecule has 0 aliphatic carbocycles. The monoisotopic (exact) mass is 491 g/mol. The van der Waals surface area contributed by atoms with E-state index in [0.29, 0.717) is 0 Å². The molecule has 2 aromatic carbocycles. The minimum Gasteiger partial charge on any atom is -0.496 e. The van der Waals surface area contributed by atoms with Gasteiger partial charge >= 0.3 is 5.51 Å². The number of guanidine groups is 1. The third kappa shape index (κ3) is 3.80. The van der Waals surface area contributed by atoms with E-state index >= 15 is 0 Å². The average molecular weight is 492 g/mol. The molecule has 0 fully saturated rings. The number of thioether (sulfide) groups is 1. The van der Waals surface area contributed by atoms with Gasteiger partial charge in [0.05, 0.1) is 16.5 Å². The molecule has 0 bridgehead atoms. The van der Waals surface area contributed by atoms with Gasteiger partial charge in [0.1, 0.15) is 11.6 Å². The summed E-state index contributed by atoms with van der Waals surface area (Å²) in [5.74, 6) is -1.28. The van der Waals surface area contributed by atoms with E-state index < -0.39 is 22.8 Å². The molecule has 11 heteroatoms. The number of halogens is 5. The van der Waals surface area contributed by atoms with Crippen LogP contribution < -0.4 is 10.5 Å². The van der Waals surface area contributed by atoms with Crippen LogP contribution in [0.2, 0.25) is 0 Å². The molecule has 1 aliphatic heterocycles. The summed E-state index contributed by atoms with van der Waals surface area (Å²) in [5, 5.41) is 0. The summed E-state index contributed by atoms with van der Waals surface area (Å²) in [6, 6.07) is 7.76. The molecule has 0 saturated carbocycles. The molecule has 1 aliphatic rings. The second-order valence-corrected chi connectivity index (χ2v) is 8.05. The number of aliphatic imine (C=N–C) groups is 1. The van der Waals surface area contributed by atoms with Gasteiger partial charge in [0.25, 0.3) is 5.91 Å². The van der Waals surface area contributed by atoms with E-state index in [2.05, 4.69) is 20.9 Å². The average Bonchev–Trinajstić information content (AvgIpc) is 2.87. The van der Waals surface area contributed by atoms with Crippen LogP contribution in [0.3, 0.4) is 0 Å². The van der Waals surface area contributed by atoms with Crippen molar-refractivity contribution in [3.05, 3.63) is 57.8 Å². The lowest BCUT2D eigenvalue weighted by Crippen LogP contribution is -2.41. The molecular formula is C18H14BrF4N3O2S. The highest BCUT2D eigenvalue weighted by molar-refractivity contribution is 9.10. The maximum absolute atomic E-state index is 13.8. The van der Waals surface area contributed by atoms with Gasteiger partial charge in [0.2, 0.25) is 0 Å². The molecule has 1 unspecified atom stereocenters. The van der Waals surface area contributed by atoms with Crippen molar-refractivity contribution >= 4 is 39.6 Å². The molecular weight excluding hydrogens is 478 g/mol. The zero-order valence-corrected chi connectivity index (χ0v) is 17.5. The Morgan fingerprint density at radius 2 is 1.83 bits per heavy atom. The Balaban J connectivity index is 2.27. The fourth-order valence-corrected chi connectivity index (χ4v) is 4.08. The lowest BCUT2D eigenvalue weighted by molar-refractivity contribution is -0.129. The number of nitrogens with zero attached hydrogens (tertiary/aromatic N) is 2. The van der Waals surface area contributed by atoms with Gasteiger partial charge in [-0.05, 0) is 63.1 Å². The van der Waals surface area contributed by atoms with Crippen molar-refractivity contribution in [1.29, 1.82) is 0 Å². The summed E-state index contributed by atoms with van der Waals surface area (Å²) in [6.45, 7) is 0. The van der Waals surface area contributed by atoms with Gasteiger partial charge in [-0.1, -0.05) is 12.1 Å². The fraction of sp³-hybridized carbons (Fsp3) is 0.222. The minimum atomic E-state index is -4.57. The van der Waals surface area contributed by atoms with Crippen molar-refractivity contribution in [3.63, 3.8) is 0 Å². The van der Waals surface area contributed by atoms with Crippen LogP contribution in [-0.2, 0) is 10.3 Å². The number of carbonyl (C=O) groups is 1. The van der Waals surface area contributed by atoms with Gasteiger partial charge in [-0.3, -0.25) is 9.69 Å². The van der Waals surface area contributed by atoms with E-state index in [-0.39, 0.29) is 44.0 Å². The van der Waals surface area contributed by atoms with Crippen LogP contribution in [0, 0.1) is 5.82 Å². The Kier molecular flexibility index (Phi) is 5.56. The molecule has 0 spiro atoms. The predicted molar refractivity (Wildman–Crippen MR) is 104 cm³/mol. The van der Waals surface area contributed by atoms with Crippen LogP contribution in [0.5, 0.6) is 5.75 Å². The number of likely N-dealkylation sites (N-methyl/N-ethyl adjacent to an activating group) is 1. The first-order valence-corrected chi connectivity index (χ1v) is 9.64. The Bertz CT molecular complexity index is 1020. The number of amides is 1. The van der Waals surface area contributed by atoms with Crippen LogP contribution in [0.1, 0.15) is 11.1 Å². The molecule has 1 heterocycles. The van der Waals surface area contributed by atoms with E-state index in [1.165, 1.54) is 44.5 Å². The van der Waals surface area contributed by atoms with Crippen molar-refractivity contribution in [2.75, 3.05) is 14.2 Å². The molecule has 1 atom stereocenters. The molecule has 29 heavy (non-hydrogen) atoms. The van der Waals surface area contributed by atoms with Crippen LogP contribution >= 0.6 is 27.7 Å². The second-order valence-electron chi connectivity index (χ2n) is 6.09. The summed E-state index contributed by atoms with van der Waals surface area (Å²) < 4.78 is 57.9. The van der Waals surface area contributed by atoms with E-state index in [0.717, 1.165) is 11.0 Å². The molecule has 0 aromatic heterocycles. The Morgan fingerprint density at radius 3 is 2.34 bits per heavy atom. The second kappa shape index (κ2) is 7.52. The van der Waals surface area contributed by atoms with Crippen LogP contribution in [0.4, 0.5) is 17.6 Å². The Labute approximate surface area is 176 Å². The third-order valence-electron chi connectivity index (χ3n) is 4.38. The van der Waals surface area contributed by atoms with Gasteiger partial charge in [-0.2, -0.15) is 13.2 Å². The zero-order chi connectivity index (χ0) is 21.6. The number of benzene rings is 2. The maximum atomic E-state index is 13.8. The molecule has 0 saturated heterocycles. The molecule has 2 aromatic rings. The van der Waals surface area contributed by atoms with E-state index in [9.17, 15) is 22.4 Å². The summed E-state index contributed by atoms with van der Waals surface area (Å²) in [5.41, 5.74) is -0.106. The molecule has 1 amide bonds. The molecule has 154 valence electrons. The van der Waals surface area contributed by atoms with Gasteiger partial charge in [-0.15, -0.1) is 0 Å². The summed E-state index contributed by atoms with van der Waals surface area (Å²) in [7, 11) is 2.64. The first-order valence-electron chi connectivity index (χ1n) is 8.03. The van der Waals surface area contributed by atoms with Crippen molar-refractivity contribution in [2.24, 2.45) is 10.7 Å². The number of carbonyl (C=O) groups excluding carboxylic acids is 1. The van der Waals surface area contributed by atoms with E-state index in [4.69, 9.17) is 10.5 Å². The number of nitrogens with two attached hydrogens (primary N) is 1. The highest BCUT2D eigenvalue weighted by atomic mass is 79.9. The van der Waals surface area contributed by atoms with E-state index in [1.54, 1.807) is 0 Å². The van der Waals surface area contributed by atoms with Gasteiger partial charge in [0.15, 0.2) is 11.5 Å². The standard InChI is InChI=1S/C18H14BrF4N3O2S/c1-26-15(27)17(25-16(26)24,9-3-5-12(20)11(19)7-9)10-4-6-13(28-2)14(8-10)29-18(21,22)23/h3-8H,1-2H3,(H2,24,25). The number of hydrogen-bond donors (Lipinski definition) is 1. The molecule has 2 N–H and O–H groups in total. The number of rotatable bonds is 4. The summed E-state index contributed by atoms with van der Waals surface area (Å²) in [4.78, 5) is 18.3. The lowest BCUT2D eigenvalue weighted by Gasteiger charge is -2.27. The van der Waals surface area contributed by atoms with E-state index in [1.807, 2.05) is 0 Å². The topological polar surface area (TPSA) is 67.9 Å². The van der Waals surface area contributed by atoms with Crippen molar-refractivity contribution in [1.82, 2.24) is 4.90 Å². The number of ether oxygens (including phenoxy) is 1. The Hall–Kier alpha value is -2.27. The number of hydrogen-bond acceptors (Lipinski definition) is 5. The SMILES string of the molecule is COc1ccc(C2(c3ccc(F)c(Br)c3)N=C(N)N(C)C2=O)cc1SC(F)(F)F. The fourth-order valence-electron chi connectivity index (χ4n) is 3.01. The highest BCUT2D eigenvalue weighted by Crippen LogP contribution is 2.46. The zero-order valence-electron chi connectivity index (χ0n) is 15.1. The highest BCUT2D eigenvalue weighted by Gasteiger charge is 2.50. The summed E-state index contributed by atoms with van der Waals surface area (Å²) >= 11 is 2.69. The van der Waals surface area contributed by atoms with Crippen LogP contribution in [-0.4, -0.2) is 36.4 Å². The molecule has 3 rings (SSSR count). The largest absolute Gasteiger partial charge is 0.496 e. The minimum absolute atomic E-state index is 0.0118. The van der Waals surface area contributed by atoms with Crippen molar-refractivity contribution < 1.29 is 27.1 Å². The maximum Gasteiger partial charge on any atom is 0.446 e. The quantitative estimate of drug-likeness (QED) is 0.513. The summed E-state index contributed by atoms with van der Waals surface area (Å²) in [6.07, 6.45) is 0. The van der Waals surface area contributed by atoms with Crippen molar-refractivity contribution in [3.8, 4) is 5.75 Å². The lowest BCUT2D eigenvalue weighted by atomic mass is 9.83. The normalized spacial score (nSPS) is 19.5. The van der Waals surface area contributed by atoms with Crippen LogP contribution in [0.25, 0.3) is 0 Å². The number of methoxy groups -OCH3 is 1. The predicted octanol–water partition coefficient (Wildman–Crippen LogP) is 4.24. The smallest absolute Gasteiger partial charge is 0.446 e. The number of alkyl halides is 3. The first kappa shape index (κ1) is 21.4. The first-order chi connectivity index (χ1) is 13.5. The molecule has 5 nitrogen and oxygen atoms in total. The van der Waals surface area contributed by atoms with Gasteiger partial charge < -0.3 is 10.5 Å². The van der Waals surface area contributed by atoms with Gasteiger partial charge in [0, 0.05) is 7.05 Å². The van der Waals surface area contributed by atoms with Crippen molar-refractivity contribution in [2.45, 2.75) is 15.9 Å². The van der Waals surface area contributed by atoms with Crippen LogP contribution in [0.15, 0.2) is 50.8 Å². The van der Waals surface area contributed by atoms with Gasteiger partial charge in [-0.25, -0.2) is 9.38 Å². The molecule has 0 radical (unpaired) electrons. The third-order valence-corrected chi connectivity index (χ3v) is 5.76. The Morgan fingerprint density at radius 1 is 1.21 bits per heavy atom.